The molecule has 0 N–H and O–H groups in total. The molecule has 5 heteroatoms. The number of pyridine rings is 1. The molecule has 1 aromatic rings. The summed E-state index contributed by atoms with van der Waals surface area (Å²) in [6.45, 7) is 13.0. The molecule has 0 aromatic carbocycles. The molecule has 1 atom stereocenters. The Morgan fingerprint density at radius 1 is 1.39 bits per heavy atom. The van der Waals surface area contributed by atoms with Crippen LogP contribution in [0.3, 0.4) is 0 Å². The first kappa shape index (κ1) is 14.7. The summed E-state index contributed by atoms with van der Waals surface area (Å²) < 4.78 is 23.6. The van der Waals surface area contributed by atoms with E-state index in [1.54, 1.807) is 19.2 Å². The summed E-state index contributed by atoms with van der Waals surface area (Å²) in [6, 6.07) is 1.65. The SMILES string of the molecule is [C-]#[N+]CC(c1cncc(S(=O)(=O)CC)c1)C(C)C. The maximum atomic E-state index is 11.8. The molecule has 0 radical (unpaired) electrons. The predicted octanol–water partition coefficient (Wildman–Crippen LogP) is 2.53. The number of nitrogens with zero attached hydrogens (tertiary/aromatic N) is 2. The second-order valence-electron chi connectivity index (χ2n) is 4.55. The molecule has 0 aliphatic carbocycles. The first-order chi connectivity index (χ1) is 8.42. The highest BCUT2D eigenvalue weighted by Crippen LogP contribution is 2.26. The molecule has 1 unspecified atom stereocenters. The van der Waals surface area contributed by atoms with Crippen molar-refractivity contribution in [1.29, 1.82) is 0 Å². The third-order valence-corrected chi connectivity index (χ3v) is 4.70. The second-order valence-corrected chi connectivity index (χ2v) is 6.83. The summed E-state index contributed by atoms with van der Waals surface area (Å²) in [5.74, 6) is 0.371. The molecule has 0 aliphatic rings. The first-order valence-corrected chi connectivity index (χ1v) is 7.58. The van der Waals surface area contributed by atoms with Crippen molar-refractivity contribution in [2.24, 2.45) is 5.92 Å². The van der Waals surface area contributed by atoms with E-state index in [1.165, 1.54) is 6.20 Å². The fourth-order valence-electron chi connectivity index (χ4n) is 1.77. The zero-order chi connectivity index (χ0) is 13.8. The number of hydrogen-bond acceptors (Lipinski definition) is 3. The molecular weight excluding hydrogens is 248 g/mol. The molecule has 0 fully saturated rings. The lowest BCUT2D eigenvalue weighted by molar-refractivity contribution is 0.522. The molecule has 0 aliphatic heterocycles. The van der Waals surface area contributed by atoms with Gasteiger partial charge in [0.2, 0.25) is 6.54 Å². The lowest BCUT2D eigenvalue weighted by atomic mass is 9.90. The Balaban J connectivity index is 3.20. The van der Waals surface area contributed by atoms with Crippen molar-refractivity contribution in [3.05, 3.63) is 35.4 Å². The van der Waals surface area contributed by atoms with Crippen LogP contribution in [0, 0.1) is 12.5 Å². The Morgan fingerprint density at radius 2 is 2.06 bits per heavy atom. The van der Waals surface area contributed by atoms with Gasteiger partial charge in [0.1, 0.15) is 0 Å². The molecule has 1 rings (SSSR count). The van der Waals surface area contributed by atoms with Gasteiger partial charge in [0, 0.05) is 12.4 Å². The summed E-state index contributed by atoms with van der Waals surface area (Å²) in [4.78, 5) is 7.67. The van der Waals surface area contributed by atoms with Gasteiger partial charge in [0.05, 0.1) is 16.6 Å². The minimum atomic E-state index is -3.23. The molecule has 98 valence electrons. The highest BCUT2D eigenvalue weighted by molar-refractivity contribution is 7.91. The van der Waals surface area contributed by atoms with Crippen LogP contribution in [0.1, 0.15) is 32.3 Å². The predicted molar refractivity (Wildman–Crippen MR) is 71.0 cm³/mol. The zero-order valence-electron chi connectivity index (χ0n) is 10.9. The molecule has 4 nitrogen and oxygen atoms in total. The van der Waals surface area contributed by atoms with Gasteiger partial charge >= 0.3 is 0 Å². The molecule has 1 aromatic heterocycles. The van der Waals surface area contributed by atoms with Gasteiger partial charge in [-0.3, -0.25) is 4.98 Å². The molecule has 0 amide bonds. The van der Waals surface area contributed by atoms with Gasteiger partial charge < -0.3 is 4.85 Å². The lowest BCUT2D eigenvalue weighted by Gasteiger charge is -2.16. The second kappa shape index (κ2) is 5.96. The average molecular weight is 266 g/mol. The van der Waals surface area contributed by atoms with E-state index in [9.17, 15) is 8.42 Å². The van der Waals surface area contributed by atoms with E-state index >= 15 is 0 Å². The number of hydrogen-bond donors (Lipinski definition) is 0. The van der Waals surface area contributed by atoms with Crippen molar-refractivity contribution >= 4 is 9.84 Å². The Kier molecular flexibility index (Phi) is 4.85. The summed E-state index contributed by atoms with van der Waals surface area (Å²) in [7, 11) is -3.23. The van der Waals surface area contributed by atoms with Crippen molar-refractivity contribution in [1.82, 2.24) is 4.98 Å². The van der Waals surface area contributed by atoms with E-state index < -0.39 is 9.84 Å². The van der Waals surface area contributed by atoms with Gasteiger partial charge in [-0.15, -0.1) is 0 Å². The van der Waals surface area contributed by atoms with Crippen molar-refractivity contribution in [2.45, 2.75) is 31.6 Å². The van der Waals surface area contributed by atoms with Crippen LogP contribution in [0.2, 0.25) is 0 Å². The monoisotopic (exact) mass is 266 g/mol. The lowest BCUT2D eigenvalue weighted by Crippen LogP contribution is -2.12. The summed E-state index contributed by atoms with van der Waals surface area (Å²) in [6.07, 6.45) is 3.03. The Labute approximate surface area is 109 Å². The fraction of sp³-hybridized carbons (Fsp3) is 0.538. The standard InChI is InChI=1S/C13H18N2O2S/c1-5-18(16,17)12-6-11(7-15-8-12)13(9-14-4)10(2)3/h6-8,10,13H,5,9H2,1-3H3. The third kappa shape index (κ3) is 3.30. The molecule has 0 bridgehead atoms. The van der Waals surface area contributed by atoms with E-state index in [2.05, 4.69) is 9.83 Å². The van der Waals surface area contributed by atoms with E-state index in [0.717, 1.165) is 5.56 Å². The minimum absolute atomic E-state index is 0.0296. The fourth-order valence-corrected chi connectivity index (χ4v) is 2.65. The van der Waals surface area contributed by atoms with E-state index in [-0.39, 0.29) is 22.5 Å². The molecule has 0 spiro atoms. The Morgan fingerprint density at radius 3 is 2.56 bits per heavy atom. The number of sulfone groups is 1. The minimum Gasteiger partial charge on any atom is -0.316 e. The maximum Gasteiger partial charge on any atom is 0.221 e. The molecular formula is C13H18N2O2S. The number of rotatable bonds is 5. The van der Waals surface area contributed by atoms with E-state index in [4.69, 9.17) is 6.57 Å². The molecule has 1 heterocycles. The topological polar surface area (TPSA) is 51.4 Å². The van der Waals surface area contributed by atoms with Gasteiger partial charge in [0.25, 0.3) is 0 Å². The van der Waals surface area contributed by atoms with Crippen molar-refractivity contribution in [2.75, 3.05) is 12.3 Å². The molecule has 0 saturated carbocycles. The van der Waals surface area contributed by atoms with Crippen LogP contribution >= 0.6 is 0 Å². The van der Waals surface area contributed by atoms with Gasteiger partial charge in [-0.1, -0.05) is 20.8 Å². The quantitative estimate of drug-likeness (QED) is 0.770. The maximum absolute atomic E-state index is 11.8. The van der Waals surface area contributed by atoms with Crippen LogP contribution in [0.25, 0.3) is 4.85 Å². The van der Waals surface area contributed by atoms with Gasteiger partial charge in [0.15, 0.2) is 9.84 Å². The van der Waals surface area contributed by atoms with Gasteiger partial charge in [-0.05, 0) is 17.5 Å². The van der Waals surface area contributed by atoms with Gasteiger partial charge in [-0.25, -0.2) is 15.0 Å². The Bertz CT molecular complexity index is 544. The highest BCUT2D eigenvalue weighted by atomic mass is 32.2. The number of aromatic nitrogens is 1. The van der Waals surface area contributed by atoms with Crippen LogP contribution in [0.4, 0.5) is 0 Å². The van der Waals surface area contributed by atoms with Crippen molar-refractivity contribution < 1.29 is 8.42 Å². The smallest absolute Gasteiger partial charge is 0.221 e. The van der Waals surface area contributed by atoms with Crippen LogP contribution in [-0.2, 0) is 9.84 Å². The molecule has 18 heavy (non-hydrogen) atoms. The highest BCUT2D eigenvalue weighted by Gasteiger charge is 2.21. The normalized spacial score (nSPS) is 13.3. The van der Waals surface area contributed by atoms with Crippen molar-refractivity contribution in [3.63, 3.8) is 0 Å². The van der Waals surface area contributed by atoms with E-state index in [1.807, 2.05) is 13.8 Å². The van der Waals surface area contributed by atoms with Crippen LogP contribution < -0.4 is 0 Å². The van der Waals surface area contributed by atoms with Crippen LogP contribution in [0.5, 0.6) is 0 Å². The Hall–Kier alpha value is -1.41. The van der Waals surface area contributed by atoms with Gasteiger partial charge in [-0.2, -0.15) is 0 Å². The zero-order valence-corrected chi connectivity index (χ0v) is 11.7. The van der Waals surface area contributed by atoms with E-state index in [0.29, 0.717) is 6.54 Å². The largest absolute Gasteiger partial charge is 0.316 e. The average Bonchev–Trinajstić information content (AvgIpc) is 2.35. The van der Waals surface area contributed by atoms with Crippen LogP contribution in [-0.4, -0.2) is 25.7 Å². The first-order valence-electron chi connectivity index (χ1n) is 5.93. The summed E-state index contributed by atoms with van der Waals surface area (Å²) in [5.41, 5.74) is 0.829. The van der Waals surface area contributed by atoms with Crippen molar-refractivity contribution in [3.8, 4) is 0 Å². The molecule has 0 saturated heterocycles. The van der Waals surface area contributed by atoms with Crippen LogP contribution in [0.15, 0.2) is 23.4 Å². The third-order valence-electron chi connectivity index (χ3n) is 2.99. The summed E-state index contributed by atoms with van der Waals surface area (Å²) in [5, 5.41) is 0. The summed E-state index contributed by atoms with van der Waals surface area (Å²) >= 11 is 0.